The van der Waals surface area contributed by atoms with Gasteiger partial charge in [0.1, 0.15) is 31.6 Å². The van der Waals surface area contributed by atoms with Gasteiger partial charge in [0.2, 0.25) is 0 Å². The fraction of sp³-hybridized carbons (Fsp3) is 0.571. The quantitative estimate of drug-likeness (QED) is 0.244. The van der Waals surface area contributed by atoms with Gasteiger partial charge in [-0.2, -0.15) is 10.2 Å². The highest BCUT2D eigenvalue weighted by Gasteiger charge is 1.69. The molecule has 40 heavy (non-hydrogen) atoms. The molecule has 0 N–H and O–H groups in total. The molecular weight excluding hydrogens is 504 g/mol. The molecule has 0 bridgehead atoms. The first-order chi connectivity index (χ1) is 18.9. The minimum Gasteiger partial charge on any atom is -0.241 e. The second kappa shape index (κ2) is 39.6. The summed E-state index contributed by atoms with van der Waals surface area (Å²) in [5.74, 6) is 3.33. The summed E-state index contributed by atoms with van der Waals surface area (Å²) in [6, 6.07) is 1.72. The maximum Gasteiger partial charge on any atom is 0.138 e. The van der Waals surface area contributed by atoms with Crippen LogP contribution >= 0.6 is 0 Å². The van der Waals surface area contributed by atoms with E-state index in [1.807, 2.05) is 0 Å². The number of hydrogen-bond donors (Lipinski definition) is 0. The number of aromatic nitrogens is 12. The standard InChI is InChI=1S/4C4H10.4C3H3N3/c4*1-4(2)3;1-4-2-6-3-5-1;2*1-2-5-6-3-4-1;1-2-4-6-5-3-1/h4*4H,1-3H3;4*1-3H. The van der Waals surface area contributed by atoms with Crippen LogP contribution in [-0.2, 0) is 0 Å². The summed E-state index contributed by atoms with van der Waals surface area (Å²) in [4.78, 5) is 17.9. The third-order valence-corrected chi connectivity index (χ3v) is 1.62. The number of hydrogen-bond acceptors (Lipinski definition) is 12. The lowest BCUT2D eigenvalue weighted by Gasteiger charge is -1.79. The molecule has 12 heteroatoms. The molecule has 0 unspecified atom stereocenters. The van der Waals surface area contributed by atoms with E-state index < -0.39 is 0 Å². The van der Waals surface area contributed by atoms with E-state index in [9.17, 15) is 0 Å². The highest BCUT2D eigenvalue weighted by Crippen LogP contribution is 1.82. The molecule has 12 nitrogen and oxygen atoms in total. The molecule has 0 aliphatic rings. The van der Waals surface area contributed by atoms with Gasteiger partial charge >= 0.3 is 0 Å². The number of nitrogens with zero attached hydrogens (tertiary/aromatic N) is 12. The van der Waals surface area contributed by atoms with Crippen LogP contribution in [0.15, 0.2) is 74.9 Å². The lowest BCUT2D eigenvalue weighted by molar-refractivity contribution is 0.736. The first-order valence-corrected chi connectivity index (χ1v) is 13.2. The van der Waals surface area contributed by atoms with Gasteiger partial charge in [-0.3, -0.25) is 0 Å². The van der Waals surface area contributed by atoms with Gasteiger partial charge in [0.05, 0.1) is 24.8 Å². The third-order valence-electron chi connectivity index (χ3n) is 1.62. The molecular formula is C28H52N12. The Morgan fingerprint density at radius 1 is 0.300 bits per heavy atom. The van der Waals surface area contributed by atoms with E-state index >= 15 is 0 Å². The lowest BCUT2D eigenvalue weighted by atomic mass is 10.3. The highest BCUT2D eigenvalue weighted by atomic mass is 15.3. The Morgan fingerprint density at radius 3 is 0.675 bits per heavy atom. The summed E-state index contributed by atoms with van der Waals surface area (Å²) in [7, 11) is 0. The van der Waals surface area contributed by atoms with Crippen molar-refractivity contribution in [1.82, 2.24) is 60.7 Å². The Bertz CT molecular complexity index is 587. The second-order valence-corrected chi connectivity index (χ2v) is 10.1. The van der Waals surface area contributed by atoms with Crippen molar-refractivity contribution in [3.8, 4) is 0 Å². The molecule has 0 atom stereocenters. The van der Waals surface area contributed by atoms with E-state index in [4.69, 9.17) is 0 Å². The lowest BCUT2D eigenvalue weighted by Crippen LogP contribution is -1.78. The molecule has 0 aliphatic heterocycles. The Balaban J connectivity index is -0.000000187. The van der Waals surface area contributed by atoms with Gasteiger partial charge in [0.25, 0.3) is 0 Å². The molecule has 4 rings (SSSR count). The molecule has 0 spiro atoms. The molecule has 0 aliphatic carbocycles. The smallest absolute Gasteiger partial charge is 0.138 e. The van der Waals surface area contributed by atoms with Gasteiger partial charge < -0.3 is 0 Å². The van der Waals surface area contributed by atoms with Crippen molar-refractivity contribution in [3.05, 3.63) is 74.9 Å². The maximum absolute atomic E-state index is 3.61. The monoisotopic (exact) mass is 556 g/mol. The first-order valence-electron chi connectivity index (χ1n) is 13.2. The molecule has 0 radical (unpaired) electrons. The summed E-state index contributed by atoms with van der Waals surface area (Å²) in [6.07, 6.45) is 16.5. The predicted octanol–water partition coefficient (Wildman–Crippen LogP) is 6.14. The zero-order valence-electron chi connectivity index (χ0n) is 26.6. The molecule has 0 saturated carbocycles. The Hall–Kier alpha value is -3.96. The Morgan fingerprint density at radius 2 is 0.600 bits per heavy atom. The fourth-order valence-corrected chi connectivity index (χ4v) is 0.820. The minimum atomic E-state index is 0.833. The van der Waals surface area contributed by atoms with Crippen molar-refractivity contribution >= 4 is 0 Å². The van der Waals surface area contributed by atoms with Crippen molar-refractivity contribution < 1.29 is 0 Å². The van der Waals surface area contributed by atoms with Gasteiger partial charge in [-0.15, -0.1) is 20.4 Å². The van der Waals surface area contributed by atoms with Crippen molar-refractivity contribution in [2.75, 3.05) is 0 Å². The maximum atomic E-state index is 3.61. The number of rotatable bonds is 0. The van der Waals surface area contributed by atoms with Crippen molar-refractivity contribution in [2.24, 2.45) is 23.7 Å². The normalized spacial score (nSPS) is 8.40. The first kappa shape index (κ1) is 43.1. The average Bonchev–Trinajstić information content (AvgIpc) is 2.93. The van der Waals surface area contributed by atoms with Crippen LogP contribution in [0.5, 0.6) is 0 Å². The molecule has 0 aromatic carbocycles. The summed E-state index contributed by atoms with van der Waals surface area (Å²) in [6.45, 7) is 26.0. The van der Waals surface area contributed by atoms with E-state index in [2.05, 4.69) is 144 Å². The Labute approximate surface area is 242 Å². The van der Waals surface area contributed by atoms with Crippen molar-refractivity contribution in [2.45, 2.75) is 83.1 Å². The zero-order valence-corrected chi connectivity index (χ0v) is 26.6. The topological polar surface area (TPSA) is 155 Å². The third kappa shape index (κ3) is 92.5. The minimum absolute atomic E-state index is 0.833. The molecule has 0 saturated heterocycles. The molecule has 4 aromatic rings. The summed E-state index contributed by atoms with van der Waals surface area (Å²) >= 11 is 0. The zero-order chi connectivity index (χ0) is 31.3. The second-order valence-electron chi connectivity index (χ2n) is 10.1. The van der Waals surface area contributed by atoms with Crippen LogP contribution < -0.4 is 0 Å². The van der Waals surface area contributed by atoms with Gasteiger partial charge in [-0.1, -0.05) is 83.1 Å². The van der Waals surface area contributed by atoms with E-state index in [0.717, 1.165) is 23.7 Å². The largest absolute Gasteiger partial charge is 0.241 e. The predicted molar refractivity (Wildman–Crippen MR) is 161 cm³/mol. The van der Waals surface area contributed by atoms with Gasteiger partial charge in [0, 0.05) is 12.4 Å². The van der Waals surface area contributed by atoms with Gasteiger partial charge in [-0.25, -0.2) is 24.9 Å². The molecule has 0 amide bonds. The highest BCUT2D eigenvalue weighted by molar-refractivity contribution is 4.69. The summed E-state index contributed by atoms with van der Waals surface area (Å²) < 4.78 is 0. The molecule has 4 aromatic heterocycles. The van der Waals surface area contributed by atoms with Crippen LogP contribution in [0.4, 0.5) is 0 Å². The van der Waals surface area contributed by atoms with E-state index in [0.29, 0.717) is 0 Å². The average molecular weight is 557 g/mol. The van der Waals surface area contributed by atoms with Crippen LogP contribution in [0, 0.1) is 23.7 Å². The van der Waals surface area contributed by atoms with Crippen LogP contribution in [-0.4, -0.2) is 60.7 Å². The molecule has 4 heterocycles. The molecule has 0 fully saturated rings. The van der Waals surface area contributed by atoms with Crippen LogP contribution in [0.1, 0.15) is 83.1 Å². The van der Waals surface area contributed by atoms with E-state index in [1.165, 1.54) is 44.0 Å². The van der Waals surface area contributed by atoms with Gasteiger partial charge in [0.15, 0.2) is 0 Å². The van der Waals surface area contributed by atoms with Crippen molar-refractivity contribution in [3.63, 3.8) is 0 Å². The Kier molecular flexibility index (Phi) is 42.6. The summed E-state index contributed by atoms with van der Waals surface area (Å²) in [5, 5.41) is 23.9. The van der Waals surface area contributed by atoms with Crippen LogP contribution in [0.25, 0.3) is 0 Å². The van der Waals surface area contributed by atoms with Crippen LogP contribution in [0.3, 0.4) is 0 Å². The van der Waals surface area contributed by atoms with Crippen LogP contribution in [0.2, 0.25) is 0 Å². The van der Waals surface area contributed by atoms with E-state index in [1.54, 1.807) is 30.9 Å². The summed E-state index contributed by atoms with van der Waals surface area (Å²) in [5.41, 5.74) is 0. The molecule has 224 valence electrons. The van der Waals surface area contributed by atoms with Gasteiger partial charge in [-0.05, 0) is 35.0 Å². The SMILES string of the molecule is CC(C)C.CC(C)C.CC(C)C.CC(C)C.c1cnncn1.c1cnncn1.c1cnnnc1.c1ncncn1. The van der Waals surface area contributed by atoms with E-state index in [-0.39, 0.29) is 0 Å². The fourth-order valence-electron chi connectivity index (χ4n) is 0.820. The van der Waals surface area contributed by atoms with Crippen molar-refractivity contribution in [1.29, 1.82) is 0 Å².